The number of rotatable bonds is 6. The van der Waals surface area contributed by atoms with Gasteiger partial charge in [-0.05, 0) is 13.3 Å². The van der Waals surface area contributed by atoms with E-state index in [0.29, 0.717) is 0 Å². The summed E-state index contributed by atoms with van der Waals surface area (Å²) >= 11 is 0. The second-order valence-electron chi connectivity index (χ2n) is 5.83. The summed E-state index contributed by atoms with van der Waals surface area (Å²) in [6.07, 6.45) is -7.05. The van der Waals surface area contributed by atoms with Crippen molar-refractivity contribution in [1.29, 1.82) is 0 Å². The first kappa shape index (κ1) is 19.5. The number of amides is 1. The predicted octanol–water partition coefficient (Wildman–Crippen LogP) is -4.78. The highest BCUT2D eigenvalue weighted by atomic mass is 16.4. The Morgan fingerprint density at radius 3 is 2.68 bits per heavy atom. The van der Waals surface area contributed by atoms with Crippen molar-refractivity contribution in [1.82, 2.24) is 15.5 Å². The van der Waals surface area contributed by atoms with Crippen LogP contribution in [0.5, 0.6) is 0 Å². The van der Waals surface area contributed by atoms with E-state index in [9.17, 15) is 30.3 Å². The van der Waals surface area contributed by atoms with Crippen LogP contribution in [0.3, 0.4) is 0 Å². The average Bonchev–Trinajstić information content (AvgIpc) is 2.97. The molecule has 0 saturated heterocycles. The number of carbonyl (C=O) groups is 1. The van der Waals surface area contributed by atoms with Gasteiger partial charge in [0.1, 0.15) is 18.2 Å². The smallest absolute Gasteiger partial charge is 0.255 e. The number of nitrogens with one attached hydrogen (secondary N) is 2. The Bertz CT molecular complexity index is 543. The van der Waals surface area contributed by atoms with Crippen molar-refractivity contribution in [3.8, 4) is 0 Å². The Kier molecular flexibility index (Phi) is 6.26. The first-order valence-corrected chi connectivity index (χ1v) is 7.73. The lowest BCUT2D eigenvalue weighted by Gasteiger charge is -2.37. The summed E-state index contributed by atoms with van der Waals surface area (Å²) in [6, 6.07) is -0.816. The highest BCUT2D eigenvalue weighted by molar-refractivity contribution is 5.99. The minimum Gasteiger partial charge on any atom is -0.396 e. The highest BCUT2D eigenvalue weighted by Gasteiger charge is 2.44. The van der Waals surface area contributed by atoms with Gasteiger partial charge in [0.15, 0.2) is 18.6 Å². The van der Waals surface area contributed by atoms with Gasteiger partial charge < -0.3 is 40.9 Å². The maximum Gasteiger partial charge on any atom is 0.255 e. The maximum atomic E-state index is 11.5. The molecule has 8 N–H and O–H groups in total. The predicted molar refractivity (Wildman–Crippen MR) is 84.0 cm³/mol. The molecule has 142 valence electrons. The van der Waals surface area contributed by atoms with Gasteiger partial charge in [-0.1, -0.05) is 0 Å². The Morgan fingerprint density at radius 1 is 1.40 bits per heavy atom. The Balaban J connectivity index is 2.14. The molecule has 0 bridgehead atoms. The number of guanidine groups is 1. The maximum absolute atomic E-state index is 11.5. The molecule has 12 heteroatoms. The molecule has 0 aromatic carbocycles. The molecule has 12 nitrogen and oxygen atoms in total. The summed E-state index contributed by atoms with van der Waals surface area (Å²) in [4.78, 5) is 20.8. The second kappa shape index (κ2) is 8.03. The van der Waals surface area contributed by atoms with Gasteiger partial charge in [-0.15, -0.1) is 0 Å². The standard InChI is InChI=1S/C13H23N5O7/c1-5(20)10(23)16-13-15-9-7(11(24)17-13)14-4-18(9)12(25)8(22)6(21)2-3-19/h4-9,11-12,19-22,24-25H,2-3H2,1H3,(H2,15,16,17,23). The molecule has 0 radical (unpaired) electrons. The lowest BCUT2D eigenvalue weighted by Crippen LogP contribution is -2.61. The lowest BCUT2D eigenvalue weighted by molar-refractivity contribution is -0.127. The van der Waals surface area contributed by atoms with Gasteiger partial charge in [-0.3, -0.25) is 15.1 Å². The van der Waals surface area contributed by atoms with Gasteiger partial charge in [0.05, 0.1) is 12.4 Å². The molecule has 0 saturated carbocycles. The largest absolute Gasteiger partial charge is 0.396 e. The number of fused-ring (bicyclic) bond motifs is 1. The van der Waals surface area contributed by atoms with Crippen LogP contribution in [0.15, 0.2) is 9.98 Å². The Hall–Kier alpha value is -1.83. The van der Waals surface area contributed by atoms with Crippen LogP contribution in [-0.4, -0.2) is 103 Å². The number of aliphatic imine (C=N–C) groups is 2. The van der Waals surface area contributed by atoms with Crippen LogP contribution < -0.4 is 10.6 Å². The second-order valence-corrected chi connectivity index (χ2v) is 5.83. The summed E-state index contributed by atoms with van der Waals surface area (Å²) in [5, 5.41) is 62.8. The van der Waals surface area contributed by atoms with Gasteiger partial charge in [0, 0.05) is 6.61 Å². The molecule has 0 aromatic rings. The summed E-state index contributed by atoms with van der Waals surface area (Å²) in [7, 11) is 0. The van der Waals surface area contributed by atoms with Gasteiger partial charge in [-0.2, -0.15) is 0 Å². The van der Waals surface area contributed by atoms with Crippen molar-refractivity contribution in [2.45, 2.75) is 56.3 Å². The van der Waals surface area contributed by atoms with E-state index in [4.69, 9.17) is 5.11 Å². The molecular formula is C13H23N5O7. The van der Waals surface area contributed by atoms with Crippen LogP contribution >= 0.6 is 0 Å². The molecule has 2 heterocycles. The monoisotopic (exact) mass is 361 g/mol. The number of hydrogen-bond acceptors (Lipinski definition) is 11. The third kappa shape index (κ3) is 4.23. The topological polar surface area (TPSA) is 190 Å². The molecule has 0 spiro atoms. The first-order chi connectivity index (χ1) is 11.8. The number of aliphatic hydroxyl groups is 6. The van der Waals surface area contributed by atoms with Crippen LogP contribution in [-0.2, 0) is 4.79 Å². The van der Waals surface area contributed by atoms with Crippen LogP contribution in [0, 0.1) is 0 Å². The molecule has 7 atom stereocenters. The van der Waals surface area contributed by atoms with E-state index in [1.165, 1.54) is 13.3 Å². The summed E-state index contributed by atoms with van der Waals surface area (Å²) < 4.78 is 0. The first-order valence-electron chi connectivity index (χ1n) is 7.73. The normalized spacial score (nSPS) is 30.0. The van der Waals surface area contributed by atoms with E-state index >= 15 is 0 Å². The van der Waals surface area contributed by atoms with Crippen LogP contribution in [0.2, 0.25) is 0 Å². The Morgan fingerprint density at radius 2 is 2.08 bits per heavy atom. The molecular weight excluding hydrogens is 338 g/mol. The average molecular weight is 361 g/mol. The van der Waals surface area contributed by atoms with Gasteiger partial charge in [0.2, 0.25) is 5.96 Å². The van der Waals surface area contributed by atoms with Crippen LogP contribution in [0.1, 0.15) is 13.3 Å². The zero-order valence-electron chi connectivity index (χ0n) is 13.5. The van der Waals surface area contributed by atoms with Crippen molar-refractivity contribution in [3.63, 3.8) is 0 Å². The molecule has 1 amide bonds. The van der Waals surface area contributed by atoms with E-state index < -0.39 is 48.9 Å². The molecule has 0 aromatic heterocycles. The zero-order valence-corrected chi connectivity index (χ0v) is 13.5. The van der Waals surface area contributed by atoms with Crippen molar-refractivity contribution >= 4 is 18.2 Å². The van der Waals surface area contributed by atoms with Gasteiger partial charge in [0.25, 0.3) is 5.91 Å². The van der Waals surface area contributed by atoms with Crippen molar-refractivity contribution in [2.75, 3.05) is 6.61 Å². The van der Waals surface area contributed by atoms with Crippen LogP contribution in [0.25, 0.3) is 0 Å². The van der Waals surface area contributed by atoms with E-state index in [1.807, 2.05) is 0 Å². The summed E-state index contributed by atoms with van der Waals surface area (Å²) in [5.74, 6) is -0.880. The van der Waals surface area contributed by atoms with Crippen molar-refractivity contribution in [3.05, 3.63) is 0 Å². The van der Waals surface area contributed by atoms with Crippen LogP contribution in [0.4, 0.5) is 0 Å². The molecule has 2 aliphatic heterocycles. The lowest BCUT2D eigenvalue weighted by atomic mass is 10.1. The highest BCUT2D eigenvalue weighted by Crippen LogP contribution is 2.24. The fraction of sp³-hybridized carbons (Fsp3) is 0.769. The molecule has 0 fully saturated rings. The number of hydrogen-bond donors (Lipinski definition) is 8. The zero-order chi connectivity index (χ0) is 18.7. The SMILES string of the molecule is CC(O)C(=O)NC1=NC2C(N=CN2C(O)C(O)C(O)CCO)C(O)N1. The molecule has 0 aliphatic carbocycles. The third-order valence-electron chi connectivity index (χ3n) is 3.90. The summed E-state index contributed by atoms with van der Waals surface area (Å²) in [5.41, 5.74) is 0. The van der Waals surface area contributed by atoms with Crippen molar-refractivity contribution < 1.29 is 35.4 Å². The summed E-state index contributed by atoms with van der Waals surface area (Å²) in [6.45, 7) is 0.882. The minimum atomic E-state index is -1.62. The molecule has 2 rings (SSSR count). The van der Waals surface area contributed by atoms with Crippen molar-refractivity contribution in [2.24, 2.45) is 9.98 Å². The number of nitrogens with zero attached hydrogens (tertiary/aromatic N) is 3. The molecule has 7 unspecified atom stereocenters. The van der Waals surface area contributed by atoms with Gasteiger partial charge >= 0.3 is 0 Å². The quantitative estimate of drug-likeness (QED) is 0.229. The van der Waals surface area contributed by atoms with E-state index in [1.54, 1.807) is 0 Å². The minimum absolute atomic E-state index is 0.132. The van der Waals surface area contributed by atoms with E-state index in [0.717, 1.165) is 4.90 Å². The fourth-order valence-electron chi connectivity index (χ4n) is 2.45. The van der Waals surface area contributed by atoms with Gasteiger partial charge in [-0.25, -0.2) is 4.99 Å². The molecule has 25 heavy (non-hydrogen) atoms. The fourth-order valence-corrected chi connectivity index (χ4v) is 2.45. The number of carbonyl (C=O) groups excluding carboxylic acids is 1. The Labute approximate surface area is 143 Å². The number of aliphatic hydroxyl groups excluding tert-OH is 6. The van der Waals surface area contributed by atoms with E-state index in [2.05, 4.69) is 20.6 Å². The molecule has 2 aliphatic rings. The third-order valence-corrected chi connectivity index (χ3v) is 3.90. The van der Waals surface area contributed by atoms with E-state index in [-0.39, 0.29) is 19.0 Å².